The first-order valence-corrected chi connectivity index (χ1v) is 6.87. The molecule has 3 rings (SSSR count). The maximum atomic E-state index is 11.5. The van der Waals surface area contributed by atoms with Gasteiger partial charge in [0.05, 0.1) is 6.61 Å². The van der Waals surface area contributed by atoms with Gasteiger partial charge in [0.25, 0.3) is 0 Å². The van der Waals surface area contributed by atoms with E-state index in [1.807, 2.05) is 0 Å². The van der Waals surface area contributed by atoms with Crippen molar-refractivity contribution in [2.24, 2.45) is 5.92 Å². The summed E-state index contributed by atoms with van der Waals surface area (Å²) in [5.74, 6) is 0.159. The van der Waals surface area contributed by atoms with E-state index in [0.717, 1.165) is 25.7 Å². The van der Waals surface area contributed by atoms with Crippen LogP contribution in [0, 0.1) is 5.92 Å². The summed E-state index contributed by atoms with van der Waals surface area (Å²) in [6.45, 7) is 1.24. The van der Waals surface area contributed by atoms with Crippen molar-refractivity contribution < 1.29 is 14.3 Å². The van der Waals surface area contributed by atoms with Crippen molar-refractivity contribution in [1.29, 1.82) is 0 Å². The van der Waals surface area contributed by atoms with Crippen LogP contribution in [0.4, 0.5) is 0 Å². The zero-order chi connectivity index (χ0) is 11.7. The lowest BCUT2D eigenvalue weighted by atomic mass is 9.94. The van der Waals surface area contributed by atoms with Crippen LogP contribution in [0.5, 0.6) is 0 Å². The highest BCUT2D eigenvalue weighted by atomic mass is 16.7. The summed E-state index contributed by atoms with van der Waals surface area (Å²) in [6, 6.07) is 0. The largest absolute Gasteiger partial charge is 0.353 e. The van der Waals surface area contributed by atoms with Crippen molar-refractivity contribution in [1.82, 2.24) is 5.32 Å². The number of carbonyl (C=O) groups is 1. The molecule has 1 atom stereocenters. The molecule has 4 heteroatoms. The van der Waals surface area contributed by atoms with E-state index in [0.29, 0.717) is 13.2 Å². The van der Waals surface area contributed by atoms with Crippen molar-refractivity contribution in [2.75, 3.05) is 13.2 Å². The first kappa shape index (κ1) is 11.5. The third-order valence-corrected chi connectivity index (χ3v) is 3.98. The summed E-state index contributed by atoms with van der Waals surface area (Å²) in [4.78, 5) is 11.5. The molecule has 3 aliphatic rings. The number of hydrogen-bond donors (Lipinski definition) is 1. The van der Waals surface area contributed by atoms with Crippen molar-refractivity contribution in [2.45, 2.75) is 56.8 Å². The summed E-state index contributed by atoms with van der Waals surface area (Å²) in [5, 5.41) is 2.96. The van der Waals surface area contributed by atoms with Gasteiger partial charge in [0.2, 0.25) is 5.91 Å². The second-order valence-corrected chi connectivity index (χ2v) is 5.54. The molecule has 2 aliphatic carbocycles. The van der Waals surface area contributed by atoms with Gasteiger partial charge >= 0.3 is 0 Å². The quantitative estimate of drug-likeness (QED) is 0.813. The molecule has 0 aromatic rings. The Morgan fingerprint density at radius 2 is 2.00 bits per heavy atom. The molecule has 2 saturated carbocycles. The van der Waals surface area contributed by atoms with Crippen LogP contribution in [0.1, 0.15) is 44.9 Å². The molecule has 1 heterocycles. The fourth-order valence-electron chi connectivity index (χ4n) is 2.77. The maximum absolute atomic E-state index is 11.5. The van der Waals surface area contributed by atoms with Gasteiger partial charge in [0.15, 0.2) is 5.79 Å². The zero-order valence-corrected chi connectivity index (χ0v) is 10.2. The number of hydrogen-bond acceptors (Lipinski definition) is 3. The molecule has 1 aliphatic heterocycles. The van der Waals surface area contributed by atoms with Crippen LogP contribution in [-0.4, -0.2) is 30.9 Å². The molecule has 0 radical (unpaired) electrons. The highest BCUT2D eigenvalue weighted by Gasteiger charge is 2.42. The molecule has 1 saturated heterocycles. The maximum Gasteiger partial charge on any atom is 0.223 e. The van der Waals surface area contributed by atoms with Gasteiger partial charge < -0.3 is 14.8 Å². The molecule has 0 unspecified atom stereocenters. The van der Waals surface area contributed by atoms with E-state index in [1.54, 1.807) is 0 Å². The molecule has 1 N–H and O–H groups in total. The van der Waals surface area contributed by atoms with Gasteiger partial charge in [-0.2, -0.15) is 0 Å². The lowest BCUT2D eigenvalue weighted by Crippen LogP contribution is -2.37. The Kier molecular flexibility index (Phi) is 3.09. The monoisotopic (exact) mass is 239 g/mol. The van der Waals surface area contributed by atoms with Crippen LogP contribution in [0.3, 0.4) is 0 Å². The molecule has 4 nitrogen and oxygen atoms in total. The van der Waals surface area contributed by atoms with Gasteiger partial charge in [-0.25, -0.2) is 0 Å². The SMILES string of the molecule is O=C(NC[C@@H]1COC2(CCCCC2)O1)C1CC1. The fraction of sp³-hybridized carbons (Fsp3) is 0.923. The lowest BCUT2D eigenvalue weighted by Gasteiger charge is -2.31. The average molecular weight is 239 g/mol. The van der Waals surface area contributed by atoms with Crippen LogP contribution in [0.25, 0.3) is 0 Å². The van der Waals surface area contributed by atoms with E-state index < -0.39 is 0 Å². The Balaban J connectivity index is 1.44. The van der Waals surface area contributed by atoms with Crippen molar-refractivity contribution in [3.05, 3.63) is 0 Å². The fourth-order valence-corrected chi connectivity index (χ4v) is 2.77. The molecule has 3 fully saturated rings. The van der Waals surface area contributed by atoms with E-state index in [2.05, 4.69) is 5.32 Å². The molecule has 0 aromatic carbocycles. The van der Waals surface area contributed by atoms with Crippen molar-refractivity contribution >= 4 is 5.91 Å². The second-order valence-electron chi connectivity index (χ2n) is 5.54. The normalized spacial score (nSPS) is 31.6. The van der Waals surface area contributed by atoms with E-state index in [4.69, 9.17) is 9.47 Å². The molecular formula is C13H21NO3. The third-order valence-electron chi connectivity index (χ3n) is 3.98. The van der Waals surface area contributed by atoms with Crippen LogP contribution >= 0.6 is 0 Å². The predicted octanol–water partition coefficient (Wildman–Crippen LogP) is 1.59. The molecule has 0 aromatic heterocycles. The van der Waals surface area contributed by atoms with Gasteiger partial charge in [0.1, 0.15) is 6.10 Å². The Morgan fingerprint density at radius 3 is 2.71 bits per heavy atom. The topological polar surface area (TPSA) is 47.6 Å². The zero-order valence-electron chi connectivity index (χ0n) is 10.2. The van der Waals surface area contributed by atoms with Crippen LogP contribution in [-0.2, 0) is 14.3 Å². The van der Waals surface area contributed by atoms with Crippen LogP contribution in [0.2, 0.25) is 0 Å². The lowest BCUT2D eigenvalue weighted by molar-refractivity contribution is -0.186. The first-order chi connectivity index (χ1) is 8.27. The first-order valence-electron chi connectivity index (χ1n) is 6.87. The molecule has 17 heavy (non-hydrogen) atoms. The molecule has 1 spiro atoms. The van der Waals surface area contributed by atoms with E-state index >= 15 is 0 Å². The number of amides is 1. The van der Waals surface area contributed by atoms with E-state index in [-0.39, 0.29) is 23.7 Å². The predicted molar refractivity (Wildman–Crippen MR) is 62.4 cm³/mol. The second kappa shape index (κ2) is 4.58. The van der Waals surface area contributed by atoms with Gasteiger partial charge in [-0.1, -0.05) is 6.42 Å². The third kappa shape index (κ3) is 2.63. The highest BCUT2D eigenvalue weighted by molar-refractivity contribution is 5.80. The highest BCUT2D eigenvalue weighted by Crippen LogP contribution is 2.37. The smallest absolute Gasteiger partial charge is 0.223 e. The number of nitrogens with one attached hydrogen (secondary N) is 1. The minimum absolute atomic E-state index is 0.0517. The number of ether oxygens (including phenoxy) is 2. The Hall–Kier alpha value is -0.610. The van der Waals surface area contributed by atoms with Gasteiger partial charge in [-0.3, -0.25) is 4.79 Å². The van der Waals surface area contributed by atoms with E-state index in [1.165, 1.54) is 19.3 Å². The van der Waals surface area contributed by atoms with E-state index in [9.17, 15) is 4.79 Å². The summed E-state index contributed by atoms with van der Waals surface area (Å²) in [6.07, 6.45) is 7.87. The Bertz CT molecular complexity index is 295. The summed E-state index contributed by atoms with van der Waals surface area (Å²) < 4.78 is 11.8. The minimum atomic E-state index is -0.312. The number of rotatable bonds is 3. The van der Waals surface area contributed by atoms with Gasteiger partial charge in [0, 0.05) is 25.3 Å². The average Bonchev–Trinajstić information content (AvgIpc) is 3.13. The van der Waals surface area contributed by atoms with Gasteiger partial charge in [-0.05, 0) is 25.7 Å². The number of carbonyl (C=O) groups excluding carboxylic acids is 1. The van der Waals surface area contributed by atoms with Gasteiger partial charge in [-0.15, -0.1) is 0 Å². The van der Waals surface area contributed by atoms with Crippen molar-refractivity contribution in [3.63, 3.8) is 0 Å². The summed E-state index contributed by atoms with van der Waals surface area (Å²) in [7, 11) is 0. The Morgan fingerprint density at radius 1 is 1.24 bits per heavy atom. The summed E-state index contributed by atoms with van der Waals surface area (Å²) in [5.41, 5.74) is 0. The standard InChI is InChI=1S/C13H21NO3/c15-12(10-4-5-10)14-8-11-9-16-13(17-11)6-2-1-3-7-13/h10-11H,1-9H2,(H,14,15)/t11-/m1/s1. The molecule has 0 bridgehead atoms. The minimum Gasteiger partial charge on any atom is -0.353 e. The van der Waals surface area contributed by atoms with Crippen LogP contribution < -0.4 is 5.32 Å². The summed E-state index contributed by atoms with van der Waals surface area (Å²) >= 11 is 0. The molecule has 96 valence electrons. The van der Waals surface area contributed by atoms with Crippen LogP contribution in [0.15, 0.2) is 0 Å². The Labute approximate surface area is 102 Å². The molecule has 1 amide bonds. The molecular weight excluding hydrogens is 218 g/mol. The van der Waals surface area contributed by atoms with Crippen molar-refractivity contribution in [3.8, 4) is 0 Å².